The minimum atomic E-state index is 0.783. The van der Waals surface area contributed by atoms with Gasteiger partial charge in [-0.3, -0.25) is 0 Å². The van der Waals surface area contributed by atoms with Gasteiger partial charge in [-0.25, -0.2) is 4.98 Å². The molecular weight excluding hydrogens is 254 g/mol. The Balaban J connectivity index is 2.07. The SMILES string of the molecule is CCN(c1ccccc1)c1nc2ccc(N)cc2s1. The van der Waals surface area contributed by atoms with Crippen LogP contribution in [0.25, 0.3) is 10.2 Å². The van der Waals surface area contributed by atoms with E-state index in [0.29, 0.717) is 0 Å². The van der Waals surface area contributed by atoms with Gasteiger partial charge in [-0.05, 0) is 37.3 Å². The summed E-state index contributed by atoms with van der Waals surface area (Å²) in [4.78, 5) is 6.90. The van der Waals surface area contributed by atoms with E-state index in [1.165, 1.54) is 0 Å². The number of benzene rings is 2. The summed E-state index contributed by atoms with van der Waals surface area (Å²) in [5, 5.41) is 1.01. The average molecular weight is 269 g/mol. The van der Waals surface area contributed by atoms with Crippen LogP contribution in [0.3, 0.4) is 0 Å². The number of fused-ring (bicyclic) bond motifs is 1. The van der Waals surface area contributed by atoms with Gasteiger partial charge >= 0.3 is 0 Å². The van der Waals surface area contributed by atoms with Crippen LogP contribution in [0.4, 0.5) is 16.5 Å². The number of hydrogen-bond acceptors (Lipinski definition) is 4. The molecule has 0 spiro atoms. The lowest BCUT2D eigenvalue weighted by molar-refractivity contribution is 1.02. The summed E-state index contributed by atoms with van der Waals surface area (Å²) in [6, 6.07) is 16.2. The molecule has 0 aliphatic heterocycles. The maximum atomic E-state index is 5.82. The number of nitrogens with two attached hydrogens (primary N) is 1. The average Bonchev–Trinajstić information content (AvgIpc) is 2.83. The standard InChI is InChI=1S/C15H15N3S/c1-2-18(12-6-4-3-5-7-12)15-17-13-9-8-11(16)10-14(13)19-15/h3-10H,2,16H2,1H3. The molecule has 0 radical (unpaired) electrons. The topological polar surface area (TPSA) is 42.2 Å². The zero-order valence-electron chi connectivity index (χ0n) is 10.7. The lowest BCUT2D eigenvalue weighted by Crippen LogP contribution is -2.15. The third-order valence-electron chi connectivity index (χ3n) is 3.02. The molecule has 0 saturated heterocycles. The second kappa shape index (κ2) is 4.90. The highest BCUT2D eigenvalue weighted by Crippen LogP contribution is 2.33. The summed E-state index contributed by atoms with van der Waals surface area (Å²) in [5.41, 5.74) is 8.77. The molecule has 0 saturated carbocycles. The summed E-state index contributed by atoms with van der Waals surface area (Å²) in [6.07, 6.45) is 0. The normalized spacial score (nSPS) is 10.8. The summed E-state index contributed by atoms with van der Waals surface area (Å²) in [6.45, 7) is 3.02. The fourth-order valence-electron chi connectivity index (χ4n) is 2.08. The highest BCUT2D eigenvalue weighted by molar-refractivity contribution is 7.22. The Morgan fingerprint density at radius 1 is 1.16 bits per heavy atom. The zero-order chi connectivity index (χ0) is 13.2. The van der Waals surface area contributed by atoms with Gasteiger partial charge in [0.05, 0.1) is 10.2 Å². The Labute approximate surface area is 116 Å². The number of rotatable bonds is 3. The molecule has 1 heterocycles. The van der Waals surface area contributed by atoms with E-state index in [0.717, 1.165) is 33.3 Å². The van der Waals surface area contributed by atoms with E-state index in [2.05, 4.69) is 24.0 Å². The molecule has 4 heteroatoms. The van der Waals surface area contributed by atoms with Crippen LogP contribution in [-0.2, 0) is 0 Å². The molecule has 0 atom stereocenters. The minimum Gasteiger partial charge on any atom is -0.399 e. The Bertz CT molecular complexity index is 691. The number of thiazole rings is 1. The molecule has 1 aromatic heterocycles. The molecule has 0 unspecified atom stereocenters. The molecule has 19 heavy (non-hydrogen) atoms. The first kappa shape index (κ1) is 12.0. The van der Waals surface area contributed by atoms with E-state index in [-0.39, 0.29) is 0 Å². The largest absolute Gasteiger partial charge is 0.399 e. The van der Waals surface area contributed by atoms with Gasteiger partial charge in [0.15, 0.2) is 5.13 Å². The third-order valence-corrected chi connectivity index (χ3v) is 4.06. The van der Waals surface area contributed by atoms with Gasteiger partial charge in [0.1, 0.15) is 0 Å². The monoisotopic (exact) mass is 269 g/mol. The van der Waals surface area contributed by atoms with Crippen LogP contribution in [0.2, 0.25) is 0 Å². The van der Waals surface area contributed by atoms with Crippen molar-refractivity contribution in [1.82, 2.24) is 4.98 Å². The van der Waals surface area contributed by atoms with Gasteiger partial charge < -0.3 is 10.6 Å². The van der Waals surface area contributed by atoms with Crippen molar-refractivity contribution in [3.8, 4) is 0 Å². The second-order valence-corrected chi connectivity index (χ2v) is 5.31. The molecule has 0 aliphatic carbocycles. The lowest BCUT2D eigenvalue weighted by atomic mass is 10.3. The predicted molar refractivity (Wildman–Crippen MR) is 83.2 cm³/mol. The number of aromatic nitrogens is 1. The molecule has 96 valence electrons. The number of para-hydroxylation sites is 1. The van der Waals surface area contributed by atoms with Crippen molar-refractivity contribution in [3.63, 3.8) is 0 Å². The summed E-state index contributed by atoms with van der Waals surface area (Å²) >= 11 is 1.67. The molecule has 0 amide bonds. The Morgan fingerprint density at radius 2 is 1.95 bits per heavy atom. The van der Waals surface area contributed by atoms with Crippen molar-refractivity contribution in [2.24, 2.45) is 0 Å². The van der Waals surface area contributed by atoms with E-state index >= 15 is 0 Å². The Kier molecular flexibility index (Phi) is 3.09. The van der Waals surface area contributed by atoms with Crippen LogP contribution in [0.5, 0.6) is 0 Å². The number of nitrogens with zero attached hydrogens (tertiary/aromatic N) is 2. The first-order chi connectivity index (χ1) is 9.28. The molecule has 2 N–H and O–H groups in total. The summed E-state index contributed by atoms with van der Waals surface area (Å²) in [7, 11) is 0. The molecule has 3 nitrogen and oxygen atoms in total. The maximum absolute atomic E-state index is 5.82. The van der Waals surface area contributed by atoms with Gasteiger partial charge in [-0.15, -0.1) is 0 Å². The molecule has 2 aromatic carbocycles. The van der Waals surface area contributed by atoms with E-state index in [9.17, 15) is 0 Å². The van der Waals surface area contributed by atoms with E-state index in [4.69, 9.17) is 10.7 Å². The highest BCUT2D eigenvalue weighted by Gasteiger charge is 2.12. The van der Waals surface area contributed by atoms with Gasteiger partial charge in [0.25, 0.3) is 0 Å². The van der Waals surface area contributed by atoms with Crippen LogP contribution >= 0.6 is 11.3 Å². The van der Waals surface area contributed by atoms with Crippen molar-refractivity contribution < 1.29 is 0 Å². The third kappa shape index (κ3) is 2.27. The lowest BCUT2D eigenvalue weighted by Gasteiger charge is -2.19. The number of anilines is 3. The van der Waals surface area contributed by atoms with E-state index in [1.807, 2.05) is 36.4 Å². The number of hydrogen-bond donors (Lipinski definition) is 1. The van der Waals surface area contributed by atoms with Crippen molar-refractivity contribution in [1.29, 1.82) is 0 Å². The molecule has 0 aliphatic rings. The van der Waals surface area contributed by atoms with Crippen LogP contribution in [0, 0.1) is 0 Å². The summed E-state index contributed by atoms with van der Waals surface area (Å²) < 4.78 is 1.13. The smallest absolute Gasteiger partial charge is 0.190 e. The Hall–Kier alpha value is -2.07. The second-order valence-electron chi connectivity index (χ2n) is 4.30. The highest BCUT2D eigenvalue weighted by atomic mass is 32.1. The zero-order valence-corrected chi connectivity index (χ0v) is 11.5. The molecular formula is C15H15N3S. The first-order valence-corrected chi connectivity index (χ1v) is 7.08. The van der Waals surface area contributed by atoms with Crippen LogP contribution < -0.4 is 10.6 Å². The first-order valence-electron chi connectivity index (χ1n) is 6.26. The molecule has 3 aromatic rings. The van der Waals surface area contributed by atoms with Crippen molar-refractivity contribution in [2.75, 3.05) is 17.2 Å². The van der Waals surface area contributed by atoms with Gasteiger partial charge in [-0.2, -0.15) is 0 Å². The van der Waals surface area contributed by atoms with Crippen molar-refractivity contribution in [2.45, 2.75) is 6.92 Å². The van der Waals surface area contributed by atoms with Crippen molar-refractivity contribution >= 4 is 38.1 Å². The Morgan fingerprint density at radius 3 is 2.68 bits per heavy atom. The van der Waals surface area contributed by atoms with Crippen LogP contribution in [0.15, 0.2) is 48.5 Å². The fraction of sp³-hybridized carbons (Fsp3) is 0.133. The minimum absolute atomic E-state index is 0.783. The van der Waals surface area contributed by atoms with E-state index < -0.39 is 0 Å². The van der Waals surface area contributed by atoms with Gasteiger partial charge in [-0.1, -0.05) is 29.5 Å². The number of nitrogen functional groups attached to an aromatic ring is 1. The van der Waals surface area contributed by atoms with Crippen molar-refractivity contribution in [3.05, 3.63) is 48.5 Å². The van der Waals surface area contributed by atoms with Crippen LogP contribution in [-0.4, -0.2) is 11.5 Å². The predicted octanol–water partition coefficient (Wildman–Crippen LogP) is 4.04. The van der Waals surface area contributed by atoms with Crippen LogP contribution in [0.1, 0.15) is 6.92 Å². The maximum Gasteiger partial charge on any atom is 0.190 e. The van der Waals surface area contributed by atoms with Gasteiger partial charge in [0, 0.05) is 17.9 Å². The molecule has 0 bridgehead atoms. The quantitative estimate of drug-likeness (QED) is 0.730. The molecule has 3 rings (SSSR count). The summed E-state index contributed by atoms with van der Waals surface area (Å²) in [5.74, 6) is 0. The van der Waals surface area contributed by atoms with Gasteiger partial charge in [0.2, 0.25) is 0 Å². The van der Waals surface area contributed by atoms with E-state index in [1.54, 1.807) is 11.3 Å². The molecule has 0 fully saturated rings. The fourth-order valence-corrected chi connectivity index (χ4v) is 3.18.